The fourth-order valence-corrected chi connectivity index (χ4v) is 2.79. The smallest absolute Gasteiger partial charge is 0.0843 e. The molecule has 0 radical (unpaired) electrons. The maximum atomic E-state index is 10.5. The van der Waals surface area contributed by atoms with Gasteiger partial charge in [-0.1, -0.05) is 38.0 Å². The Bertz CT molecular complexity index is 375. The van der Waals surface area contributed by atoms with Crippen molar-refractivity contribution in [3.8, 4) is 0 Å². The van der Waals surface area contributed by atoms with E-state index in [4.69, 9.17) is 0 Å². The number of aliphatic hydroxyl groups is 1. The van der Waals surface area contributed by atoms with E-state index in [-0.39, 0.29) is 11.5 Å². The Kier molecular flexibility index (Phi) is 3.07. The number of benzene rings is 1. The highest BCUT2D eigenvalue weighted by Gasteiger charge is 2.36. The summed E-state index contributed by atoms with van der Waals surface area (Å²) in [6, 6.07) is 6.34. The highest BCUT2D eigenvalue weighted by Crippen LogP contribution is 2.47. The van der Waals surface area contributed by atoms with E-state index in [1.54, 1.807) is 0 Å². The summed E-state index contributed by atoms with van der Waals surface area (Å²) in [5.41, 5.74) is 3.76. The molecule has 1 nitrogen and oxygen atoms in total. The Morgan fingerprint density at radius 3 is 2.31 bits per heavy atom. The standard InChI is InChI=1S/C15H22O/c1-11-6-7-13(10-12(11)2)14(16)15(3)8-4-5-9-15/h6-7,10,14,16H,4-5,8-9H2,1-3H3. The van der Waals surface area contributed by atoms with Gasteiger partial charge in [-0.2, -0.15) is 0 Å². The van der Waals surface area contributed by atoms with Gasteiger partial charge < -0.3 is 5.11 Å². The first-order valence-corrected chi connectivity index (χ1v) is 6.28. The Balaban J connectivity index is 2.26. The molecule has 88 valence electrons. The van der Waals surface area contributed by atoms with Gasteiger partial charge in [0.25, 0.3) is 0 Å². The molecule has 0 aliphatic heterocycles. The molecular formula is C15H22O. The second-order valence-corrected chi connectivity index (χ2v) is 5.61. The zero-order valence-electron chi connectivity index (χ0n) is 10.6. The molecule has 2 rings (SSSR count). The van der Waals surface area contributed by atoms with E-state index in [9.17, 15) is 5.11 Å². The first kappa shape index (κ1) is 11.7. The minimum Gasteiger partial charge on any atom is -0.388 e. The van der Waals surface area contributed by atoms with E-state index in [2.05, 4.69) is 39.0 Å². The van der Waals surface area contributed by atoms with Crippen molar-refractivity contribution in [1.29, 1.82) is 0 Å². The van der Waals surface area contributed by atoms with Gasteiger partial charge in [-0.15, -0.1) is 0 Å². The largest absolute Gasteiger partial charge is 0.388 e. The molecule has 0 saturated heterocycles. The van der Waals surface area contributed by atoms with Crippen LogP contribution in [0.25, 0.3) is 0 Å². The van der Waals surface area contributed by atoms with Crippen LogP contribution in [0.15, 0.2) is 18.2 Å². The lowest BCUT2D eigenvalue weighted by atomic mass is 9.79. The third kappa shape index (κ3) is 2.01. The van der Waals surface area contributed by atoms with Crippen LogP contribution >= 0.6 is 0 Å². The molecule has 1 aromatic rings. The lowest BCUT2D eigenvalue weighted by Gasteiger charge is -2.30. The van der Waals surface area contributed by atoms with Crippen molar-refractivity contribution in [3.05, 3.63) is 34.9 Å². The molecule has 0 heterocycles. The topological polar surface area (TPSA) is 20.2 Å². The third-order valence-corrected chi connectivity index (χ3v) is 4.25. The Labute approximate surface area is 98.5 Å². The summed E-state index contributed by atoms with van der Waals surface area (Å²) >= 11 is 0. The predicted molar refractivity (Wildman–Crippen MR) is 67.5 cm³/mol. The Morgan fingerprint density at radius 2 is 1.75 bits per heavy atom. The maximum Gasteiger partial charge on any atom is 0.0843 e. The van der Waals surface area contributed by atoms with Crippen molar-refractivity contribution in [2.75, 3.05) is 0 Å². The molecule has 0 amide bonds. The summed E-state index contributed by atoms with van der Waals surface area (Å²) in [5, 5.41) is 10.5. The van der Waals surface area contributed by atoms with Crippen LogP contribution in [-0.4, -0.2) is 5.11 Å². The third-order valence-electron chi connectivity index (χ3n) is 4.25. The lowest BCUT2D eigenvalue weighted by Crippen LogP contribution is -2.22. The molecule has 16 heavy (non-hydrogen) atoms. The van der Waals surface area contributed by atoms with Crippen LogP contribution in [-0.2, 0) is 0 Å². The number of hydrogen-bond acceptors (Lipinski definition) is 1. The van der Waals surface area contributed by atoms with Crippen LogP contribution in [0.5, 0.6) is 0 Å². The van der Waals surface area contributed by atoms with Gasteiger partial charge in [-0.25, -0.2) is 0 Å². The molecular weight excluding hydrogens is 196 g/mol. The average Bonchev–Trinajstić information content (AvgIpc) is 2.70. The molecule has 1 aliphatic carbocycles. The van der Waals surface area contributed by atoms with Gasteiger partial charge in [0.2, 0.25) is 0 Å². The molecule has 0 spiro atoms. The molecule has 1 aliphatic rings. The van der Waals surface area contributed by atoms with E-state index in [1.165, 1.54) is 24.0 Å². The van der Waals surface area contributed by atoms with Gasteiger partial charge >= 0.3 is 0 Å². The molecule has 1 aromatic carbocycles. The van der Waals surface area contributed by atoms with Gasteiger partial charge in [0.15, 0.2) is 0 Å². The van der Waals surface area contributed by atoms with Gasteiger partial charge in [0.1, 0.15) is 0 Å². The Morgan fingerprint density at radius 1 is 1.12 bits per heavy atom. The molecule has 1 unspecified atom stereocenters. The molecule has 0 bridgehead atoms. The fourth-order valence-electron chi connectivity index (χ4n) is 2.79. The van der Waals surface area contributed by atoms with Crippen molar-refractivity contribution in [3.63, 3.8) is 0 Å². The number of hydrogen-bond donors (Lipinski definition) is 1. The van der Waals surface area contributed by atoms with E-state index in [0.717, 1.165) is 18.4 Å². The number of rotatable bonds is 2. The zero-order chi connectivity index (χ0) is 11.8. The highest BCUT2D eigenvalue weighted by molar-refractivity contribution is 5.32. The summed E-state index contributed by atoms with van der Waals surface area (Å²) in [5.74, 6) is 0. The minimum atomic E-state index is -0.297. The van der Waals surface area contributed by atoms with Crippen LogP contribution < -0.4 is 0 Å². The van der Waals surface area contributed by atoms with Gasteiger partial charge in [0.05, 0.1) is 6.10 Å². The highest BCUT2D eigenvalue weighted by atomic mass is 16.3. The quantitative estimate of drug-likeness (QED) is 0.797. The zero-order valence-corrected chi connectivity index (χ0v) is 10.6. The average molecular weight is 218 g/mol. The first-order valence-electron chi connectivity index (χ1n) is 6.28. The molecule has 1 atom stereocenters. The summed E-state index contributed by atoms with van der Waals surface area (Å²) in [7, 11) is 0. The number of aliphatic hydroxyl groups excluding tert-OH is 1. The normalized spacial score (nSPS) is 21.0. The van der Waals surface area contributed by atoms with Crippen molar-refractivity contribution in [2.24, 2.45) is 5.41 Å². The number of aryl methyl sites for hydroxylation is 2. The summed E-state index contributed by atoms with van der Waals surface area (Å²) in [4.78, 5) is 0. The van der Waals surface area contributed by atoms with E-state index in [1.807, 2.05) is 0 Å². The van der Waals surface area contributed by atoms with Gasteiger partial charge in [-0.05, 0) is 48.8 Å². The summed E-state index contributed by atoms with van der Waals surface area (Å²) < 4.78 is 0. The lowest BCUT2D eigenvalue weighted by molar-refractivity contribution is 0.0408. The Hall–Kier alpha value is -0.820. The van der Waals surface area contributed by atoms with Gasteiger partial charge in [-0.3, -0.25) is 0 Å². The summed E-state index contributed by atoms with van der Waals surface area (Å²) in [6.45, 7) is 6.45. The molecule has 1 N–H and O–H groups in total. The fraction of sp³-hybridized carbons (Fsp3) is 0.600. The molecule has 1 saturated carbocycles. The van der Waals surface area contributed by atoms with E-state index < -0.39 is 0 Å². The van der Waals surface area contributed by atoms with Crippen LogP contribution in [0.1, 0.15) is 55.4 Å². The molecule has 1 fully saturated rings. The minimum absolute atomic E-state index is 0.0989. The van der Waals surface area contributed by atoms with Crippen molar-refractivity contribution >= 4 is 0 Å². The summed E-state index contributed by atoms with van der Waals surface area (Å²) in [6.07, 6.45) is 4.54. The first-order chi connectivity index (χ1) is 7.53. The van der Waals surface area contributed by atoms with E-state index >= 15 is 0 Å². The monoisotopic (exact) mass is 218 g/mol. The molecule has 1 heteroatoms. The van der Waals surface area contributed by atoms with Crippen LogP contribution in [0.3, 0.4) is 0 Å². The second kappa shape index (κ2) is 4.21. The maximum absolute atomic E-state index is 10.5. The van der Waals surface area contributed by atoms with Gasteiger partial charge in [0, 0.05) is 0 Å². The SMILES string of the molecule is Cc1ccc(C(O)C2(C)CCCC2)cc1C. The van der Waals surface area contributed by atoms with Crippen LogP contribution in [0.2, 0.25) is 0 Å². The van der Waals surface area contributed by atoms with Crippen molar-refractivity contribution in [1.82, 2.24) is 0 Å². The second-order valence-electron chi connectivity index (χ2n) is 5.61. The van der Waals surface area contributed by atoms with Crippen LogP contribution in [0.4, 0.5) is 0 Å². The van der Waals surface area contributed by atoms with E-state index in [0.29, 0.717) is 0 Å². The predicted octanol–water partition coefficient (Wildman–Crippen LogP) is 3.92. The van der Waals surface area contributed by atoms with Crippen molar-refractivity contribution < 1.29 is 5.11 Å². The molecule has 0 aromatic heterocycles. The van der Waals surface area contributed by atoms with Crippen molar-refractivity contribution in [2.45, 2.75) is 52.6 Å². The van der Waals surface area contributed by atoms with Crippen LogP contribution in [0, 0.1) is 19.3 Å².